The fourth-order valence-electron chi connectivity index (χ4n) is 1.98. The van der Waals surface area contributed by atoms with Crippen LogP contribution in [0.25, 0.3) is 0 Å². The fourth-order valence-corrected chi connectivity index (χ4v) is 3.34. The SMILES string of the molecule is CCCC(C)NS(=O)(=O)c1ccc(C#CCCO)c(C)c1. The van der Waals surface area contributed by atoms with Crippen LogP contribution in [0.3, 0.4) is 0 Å². The Bertz CT molecular complexity index is 627. The van der Waals surface area contributed by atoms with Crippen molar-refractivity contribution in [3.05, 3.63) is 29.3 Å². The first-order valence-electron chi connectivity index (χ1n) is 7.13. The van der Waals surface area contributed by atoms with E-state index in [9.17, 15) is 8.42 Å². The maximum Gasteiger partial charge on any atom is 0.240 e. The number of aryl methyl sites for hydroxylation is 1. The molecule has 0 fully saturated rings. The third kappa shape index (κ3) is 5.50. The second-order valence-electron chi connectivity index (χ2n) is 5.06. The van der Waals surface area contributed by atoms with E-state index in [1.807, 2.05) is 20.8 Å². The molecule has 4 nitrogen and oxygen atoms in total. The summed E-state index contributed by atoms with van der Waals surface area (Å²) in [5.41, 5.74) is 1.59. The standard InChI is InChI=1S/C16H23NO3S/c1-4-7-14(3)17-21(19,20)16-10-9-15(13(2)12-16)8-5-6-11-18/h9-10,12,14,17-18H,4,6-7,11H2,1-3H3. The second-order valence-corrected chi connectivity index (χ2v) is 6.78. The summed E-state index contributed by atoms with van der Waals surface area (Å²) < 4.78 is 27.2. The van der Waals surface area contributed by atoms with Gasteiger partial charge in [-0.25, -0.2) is 13.1 Å². The van der Waals surface area contributed by atoms with Gasteiger partial charge in [-0.3, -0.25) is 0 Å². The molecule has 0 spiro atoms. The van der Waals surface area contributed by atoms with Crippen LogP contribution in [0.1, 0.15) is 44.2 Å². The van der Waals surface area contributed by atoms with Gasteiger partial charge < -0.3 is 5.11 Å². The third-order valence-electron chi connectivity index (χ3n) is 3.05. The Morgan fingerprint density at radius 2 is 2.10 bits per heavy atom. The second kappa shape index (κ2) is 8.18. The van der Waals surface area contributed by atoms with E-state index in [-0.39, 0.29) is 17.5 Å². The molecule has 1 rings (SSSR count). The lowest BCUT2D eigenvalue weighted by atomic mass is 10.1. The Kier molecular flexibility index (Phi) is 6.90. The van der Waals surface area contributed by atoms with Crippen molar-refractivity contribution in [2.45, 2.75) is 51.0 Å². The molecule has 0 saturated carbocycles. The van der Waals surface area contributed by atoms with Crippen LogP contribution < -0.4 is 4.72 Å². The lowest BCUT2D eigenvalue weighted by Crippen LogP contribution is -2.32. The van der Waals surface area contributed by atoms with Gasteiger partial charge in [0.15, 0.2) is 0 Å². The molecule has 0 saturated heterocycles. The highest BCUT2D eigenvalue weighted by molar-refractivity contribution is 7.89. The van der Waals surface area contributed by atoms with Gasteiger partial charge in [0.05, 0.1) is 11.5 Å². The molecule has 1 aromatic rings. The first kappa shape index (κ1) is 17.7. The topological polar surface area (TPSA) is 66.4 Å². The zero-order valence-corrected chi connectivity index (χ0v) is 13.6. The van der Waals surface area contributed by atoms with Crippen LogP contribution in [0.15, 0.2) is 23.1 Å². The Hall–Kier alpha value is -1.35. The molecule has 116 valence electrons. The molecule has 2 N–H and O–H groups in total. The fraction of sp³-hybridized carbons (Fsp3) is 0.500. The predicted molar refractivity (Wildman–Crippen MR) is 84.5 cm³/mol. The number of benzene rings is 1. The number of hydrogen-bond donors (Lipinski definition) is 2. The molecular weight excluding hydrogens is 286 g/mol. The van der Waals surface area contributed by atoms with Gasteiger partial charge in [-0.15, -0.1) is 0 Å². The van der Waals surface area contributed by atoms with Gasteiger partial charge in [0.1, 0.15) is 0 Å². The number of hydrogen-bond acceptors (Lipinski definition) is 3. The number of sulfonamides is 1. The smallest absolute Gasteiger partial charge is 0.240 e. The molecule has 0 heterocycles. The van der Waals surface area contributed by atoms with Crippen LogP contribution in [-0.2, 0) is 10.0 Å². The summed E-state index contributed by atoms with van der Waals surface area (Å²) in [5.74, 6) is 5.76. The van der Waals surface area contributed by atoms with Crippen LogP contribution in [0.2, 0.25) is 0 Å². The first-order chi connectivity index (χ1) is 9.90. The quantitative estimate of drug-likeness (QED) is 0.792. The zero-order valence-electron chi connectivity index (χ0n) is 12.8. The molecular formula is C16H23NO3S. The number of aliphatic hydroxyl groups is 1. The molecule has 21 heavy (non-hydrogen) atoms. The van der Waals surface area contributed by atoms with Gasteiger partial charge in [-0.1, -0.05) is 25.2 Å². The Morgan fingerprint density at radius 3 is 2.67 bits per heavy atom. The Balaban J connectivity index is 2.95. The number of nitrogens with one attached hydrogen (secondary N) is 1. The molecule has 0 radical (unpaired) electrons. The van der Waals surface area contributed by atoms with Crippen LogP contribution in [0, 0.1) is 18.8 Å². The maximum absolute atomic E-state index is 12.3. The Labute approximate surface area is 127 Å². The van der Waals surface area contributed by atoms with E-state index < -0.39 is 10.0 Å². The maximum atomic E-state index is 12.3. The van der Waals surface area contributed by atoms with E-state index in [2.05, 4.69) is 16.6 Å². The Morgan fingerprint density at radius 1 is 1.38 bits per heavy atom. The molecule has 0 aromatic heterocycles. The number of rotatable bonds is 6. The molecule has 0 aliphatic heterocycles. The van der Waals surface area contributed by atoms with Crippen molar-refractivity contribution < 1.29 is 13.5 Å². The normalized spacial score (nSPS) is 12.6. The lowest BCUT2D eigenvalue weighted by Gasteiger charge is -2.13. The van der Waals surface area contributed by atoms with Gasteiger partial charge in [-0.05, 0) is 44.0 Å². The average Bonchev–Trinajstić information content (AvgIpc) is 2.40. The zero-order chi connectivity index (χ0) is 15.9. The monoisotopic (exact) mass is 309 g/mol. The van der Waals surface area contributed by atoms with E-state index in [0.717, 1.165) is 24.0 Å². The molecule has 0 bridgehead atoms. The molecule has 0 aliphatic carbocycles. The summed E-state index contributed by atoms with van der Waals surface area (Å²) in [5, 5.41) is 8.70. The van der Waals surface area contributed by atoms with Gasteiger partial charge in [-0.2, -0.15) is 0 Å². The minimum atomic E-state index is -3.48. The molecule has 1 atom stereocenters. The first-order valence-corrected chi connectivity index (χ1v) is 8.61. The van der Waals surface area contributed by atoms with E-state index in [1.54, 1.807) is 18.2 Å². The van der Waals surface area contributed by atoms with Crippen LogP contribution in [0.5, 0.6) is 0 Å². The van der Waals surface area contributed by atoms with E-state index in [0.29, 0.717) is 6.42 Å². The van der Waals surface area contributed by atoms with Gasteiger partial charge >= 0.3 is 0 Å². The van der Waals surface area contributed by atoms with E-state index in [4.69, 9.17) is 5.11 Å². The van der Waals surface area contributed by atoms with Gasteiger partial charge in [0.25, 0.3) is 0 Å². The van der Waals surface area contributed by atoms with Crippen molar-refractivity contribution in [2.24, 2.45) is 0 Å². The van der Waals surface area contributed by atoms with Crippen molar-refractivity contribution in [1.82, 2.24) is 4.72 Å². The summed E-state index contributed by atoms with van der Waals surface area (Å²) in [4.78, 5) is 0.260. The third-order valence-corrected chi connectivity index (χ3v) is 4.63. The largest absolute Gasteiger partial charge is 0.395 e. The van der Waals surface area contributed by atoms with Crippen molar-refractivity contribution in [1.29, 1.82) is 0 Å². The van der Waals surface area contributed by atoms with Crippen molar-refractivity contribution in [3.63, 3.8) is 0 Å². The summed E-state index contributed by atoms with van der Waals surface area (Å²) >= 11 is 0. The number of aliphatic hydroxyl groups excluding tert-OH is 1. The van der Waals surface area contributed by atoms with Crippen molar-refractivity contribution >= 4 is 10.0 Å². The van der Waals surface area contributed by atoms with Crippen molar-refractivity contribution in [2.75, 3.05) is 6.61 Å². The average molecular weight is 309 g/mol. The lowest BCUT2D eigenvalue weighted by molar-refractivity contribution is 0.305. The highest BCUT2D eigenvalue weighted by Crippen LogP contribution is 2.15. The minimum absolute atomic E-state index is 0.0255. The summed E-state index contributed by atoms with van der Waals surface area (Å²) in [7, 11) is -3.48. The van der Waals surface area contributed by atoms with E-state index >= 15 is 0 Å². The molecule has 0 aliphatic rings. The van der Waals surface area contributed by atoms with Crippen LogP contribution in [0.4, 0.5) is 0 Å². The molecule has 5 heteroatoms. The van der Waals surface area contributed by atoms with Crippen LogP contribution in [-0.4, -0.2) is 26.2 Å². The van der Waals surface area contributed by atoms with Gasteiger partial charge in [0, 0.05) is 18.0 Å². The van der Waals surface area contributed by atoms with Gasteiger partial charge in [0.2, 0.25) is 10.0 Å². The van der Waals surface area contributed by atoms with Crippen LogP contribution >= 0.6 is 0 Å². The van der Waals surface area contributed by atoms with Crippen molar-refractivity contribution in [3.8, 4) is 11.8 Å². The summed E-state index contributed by atoms with van der Waals surface area (Å²) in [6.07, 6.45) is 2.15. The minimum Gasteiger partial charge on any atom is -0.395 e. The molecule has 1 aromatic carbocycles. The summed E-state index contributed by atoms with van der Waals surface area (Å²) in [6, 6.07) is 4.82. The van der Waals surface area contributed by atoms with E-state index in [1.165, 1.54) is 0 Å². The molecule has 0 amide bonds. The highest BCUT2D eigenvalue weighted by atomic mass is 32.2. The highest BCUT2D eigenvalue weighted by Gasteiger charge is 2.17. The summed E-state index contributed by atoms with van der Waals surface area (Å²) in [6.45, 7) is 5.74. The molecule has 1 unspecified atom stereocenters. The predicted octanol–water partition coefficient (Wildman–Crippen LogP) is 2.20.